The summed E-state index contributed by atoms with van der Waals surface area (Å²) in [6.45, 7) is 4.29. The predicted molar refractivity (Wildman–Crippen MR) is 113 cm³/mol. The van der Waals surface area contributed by atoms with Crippen molar-refractivity contribution < 1.29 is 4.79 Å². The zero-order chi connectivity index (χ0) is 19.5. The number of hydrogen-bond donors (Lipinski definition) is 1. The number of nitrogens with zero attached hydrogens (tertiary/aromatic N) is 3. The molecule has 1 aromatic heterocycles. The lowest BCUT2D eigenvalue weighted by atomic mass is 10.0. The van der Waals surface area contributed by atoms with Gasteiger partial charge >= 0.3 is 0 Å². The summed E-state index contributed by atoms with van der Waals surface area (Å²) in [5, 5.41) is 12.5. The predicted octanol–water partition coefficient (Wildman–Crippen LogP) is 5.00. The van der Waals surface area contributed by atoms with E-state index in [4.69, 9.17) is 0 Å². The van der Waals surface area contributed by atoms with Gasteiger partial charge in [-0.25, -0.2) is 0 Å². The van der Waals surface area contributed by atoms with E-state index in [0.717, 1.165) is 35.2 Å². The van der Waals surface area contributed by atoms with Gasteiger partial charge in [0.25, 0.3) is 0 Å². The zero-order valence-corrected chi connectivity index (χ0v) is 16.9. The molecule has 1 fully saturated rings. The Hall–Kier alpha value is -2.60. The number of anilines is 1. The Labute approximate surface area is 169 Å². The number of nitrogens with one attached hydrogen (secondary N) is 1. The second-order valence-corrected chi connectivity index (χ2v) is 8.35. The summed E-state index contributed by atoms with van der Waals surface area (Å²) in [7, 11) is 0. The SMILES string of the molecule is CC(C)c1cccc(NC(=O)CSc2nnc(C3CC3)n2-c2ccccc2)c1. The number of amides is 1. The maximum absolute atomic E-state index is 12.5. The fourth-order valence-corrected chi connectivity index (χ4v) is 3.86. The molecule has 28 heavy (non-hydrogen) atoms. The molecule has 1 aliphatic rings. The van der Waals surface area contributed by atoms with Gasteiger partial charge in [-0.3, -0.25) is 9.36 Å². The summed E-state index contributed by atoms with van der Waals surface area (Å²) in [6, 6.07) is 18.1. The first-order valence-electron chi connectivity index (χ1n) is 9.65. The minimum atomic E-state index is -0.0403. The molecule has 0 saturated heterocycles. The van der Waals surface area contributed by atoms with Gasteiger partial charge in [0.15, 0.2) is 5.16 Å². The lowest BCUT2D eigenvalue weighted by Crippen LogP contribution is -2.15. The van der Waals surface area contributed by atoms with E-state index in [1.54, 1.807) is 0 Å². The van der Waals surface area contributed by atoms with Crippen LogP contribution in [0, 0.1) is 0 Å². The summed E-state index contributed by atoms with van der Waals surface area (Å²) in [4.78, 5) is 12.5. The van der Waals surface area contributed by atoms with Gasteiger partial charge in [0.05, 0.1) is 5.75 Å². The molecule has 0 bridgehead atoms. The maximum atomic E-state index is 12.5. The lowest BCUT2D eigenvalue weighted by Gasteiger charge is -2.11. The van der Waals surface area contributed by atoms with Gasteiger partial charge in [-0.05, 0) is 48.6 Å². The van der Waals surface area contributed by atoms with Gasteiger partial charge < -0.3 is 5.32 Å². The summed E-state index contributed by atoms with van der Waals surface area (Å²) >= 11 is 1.42. The molecule has 6 heteroatoms. The first-order chi connectivity index (χ1) is 13.6. The summed E-state index contributed by atoms with van der Waals surface area (Å²) < 4.78 is 2.09. The van der Waals surface area contributed by atoms with Gasteiger partial charge in [-0.2, -0.15) is 0 Å². The van der Waals surface area contributed by atoms with Crippen LogP contribution in [-0.2, 0) is 4.79 Å². The molecule has 0 unspecified atom stereocenters. The molecule has 0 radical (unpaired) electrons. The van der Waals surface area contributed by atoms with Crippen molar-refractivity contribution in [3.8, 4) is 5.69 Å². The van der Waals surface area contributed by atoms with Crippen LogP contribution in [-0.4, -0.2) is 26.4 Å². The Balaban J connectivity index is 1.46. The smallest absolute Gasteiger partial charge is 0.234 e. The Morgan fingerprint density at radius 1 is 1.14 bits per heavy atom. The molecule has 0 atom stereocenters. The van der Waals surface area contributed by atoms with Crippen molar-refractivity contribution in [2.24, 2.45) is 0 Å². The fraction of sp³-hybridized carbons (Fsp3) is 0.318. The number of benzene rings is 2. The minimum absolute atomic E-state index is 0.0403. The molecule has 0 aliphatic heterocycles. The highest BCUT2D eigenvalue weighted by Crippen LogP contribution is 2.41. The number of carbonyl (C=O) groups excluding carboxylic acids is 1. The Kier molecular flexibility index (Phi) is 5.48. The van der Waals surface area contributed by atoms with Crippen molar-refractivity contribution >= 4 is 23.4 Å². The van der Waals surface area contributed by atoms with Gasteiger partial charge in [0.1, 0.15) is 5.82 Å². The molecule has 5 nitrogen and oxygen atoms in total. The van der Waals surface area contributed by atoms with E-state index >= 15 is 0 Å². The molecule has 4 rings (SSSR count). The number of carbonyl (C=O) groups is 1. The first kappa shape index (κ1) is 18.7. The van der Waals surface area contributed by atoms with Crippen molar-refractivity contribution in [1.29, 1.82) is 0 Å². The van der Waals surface area contributed by atoms with Crippen LogP contribution in [0.3, 0.4) is 0 Å². The average molecular weight is 393 g/mol. The minimum Gasteiger partial charge on any atom is -0.325 e. The highest BCUT2D eigenvalue weighted by molar-refractivity contribution is 7.99. The molecular weight excluding hydrogens is 368 g/mol. The first-order valence-corrected chi connectivity index (χ1v) is 10.6. The van der Waals surface area contributed by atoms with Gasteiger partial charge in [0, 0.05) is 17.3 Å². The second kappa shape index (κ2) is 8.19. The van der Waals surface area contributed by atoms with Gasteiger partial charge in [0.2, 0.25) is 5.91 Å². The number of para-hydroxylation sites is 1. The summed E-state index contributed by atoms with van der Waals surface area (Å²) in [5.74, 6) is 2.16. The number of aromatic nitrogens is 3. The third-order valence-electron chi connectivity index (χ3n) is 4.78. The van der Waals surface area contributed by atoms with E-state index in [-0.39, 0.29) is 5.91 Å². The molecule has 1 heterocycles. The van der Waals surface area contributed by atoms with E-state index in [1.807, 2.05) is 36.4 Å². The molecular formula is C22H24N4OS. The fourth-order valence-electron chi connectivity index (χ4n) is 3.10. The molecule has 3 aromatic rings. The van der Waals surface area contributed by atoms with Crippen LogP contribution in [0.1, 0.15) is 49.9 Å². The standard InChI is InChI=1S/C22H24N4OS/c1-15(2)17-7-6-8-18(13-17)23-20(27)14-28-22-25-24-21(16-11-12-16)26(22)19-9-4-3-5-10-19/h3-10,13,15-16H,11-12,14H2,1-2H3,(H,23,27). The lowest BCUT2D eigenvalue weighted by molar-refractivity contribution is -0.113. The zero-order valence-electron chi connectivity index (χ0n) is 16.1. The van der Waals surface area contributed by atoms with Gasteiger partial charge in [-0.1, -0.05) is 55.9 Å². The third kappa shape index (κ3) is 4.28. The summed E-state index contributed by atoms with van der Waals surface area (Å²) in [5.41, 5.74) is 3.09. The Morgan fingerprint density at radius 2 is 1.93 bits per heavy atom. The molecule has 0 spiro atoms. The van der Waals surface area contributed by atoms with Crippen LogP contribution >= 0.6 is 11.8 Å². The third-order valence-corrected chi connectivity index (χ3v) is 5.71. The second-order valence-electron chi connectivity index (χ2n) is 7.40. The van der Waals surface area contributed by atoms with E-state index in [2.05, 4.69) is 52.1 Å². The monoisotopic (exact) mass is 392 g/mol. The van der Waals surface area contributed by atoms with E-state index in [1.165, 1.54) is 17.3 Å². The van der Waals surface area contributed by atoms with Gasteiger partial charge in [-0.15, -0.1) is 10.2 Å². The highest BCUT2D eigenvalue weighted by atomic mass is 32.2. The molecule has 1 amide bonds. The van der Waals surface area contributed by atoms with E-state index in [0.29, 0.717) is 17.6 Å². The Morgan fingerprint density at radius 3 is 2.64 bits per heavy atom. The number of rotatable bonds is 7. The molecule has 1 saturated carbocycles. The average Bonchev–Trinajstić information content (AvgIpc) is 3.46. The molecule has 1 N–H and O–H groups in total. The van der Waals surface area contributed by atoms with E-state index < -0.39 is 0 Å². The van der Waals surface area contributed by atoms with Crippen LogP contribution in [0.25, 0.3) is 5.69 Å². The van der Waals surface area contributed by atoms with Crippen molar-refractivity contribution in [2.75, 3.05) is 11.1 Å². The number of hydrogen-bond acceptors (Lipinski definition) is 4. The largest absolute Gasteiger partial charge is 0.325 e. The molecule has 144 valence electrons. The maximum Gasteiger partial charge on any atom is 0.234 e. The van der Waals surface area contributed by atoms with Crippen molar-refractivity contribution in [1.82, 2.24) is 14.8 Å². The molecule has 2 aromatic carbocycles. The highest BCUT2D eigenvalue weighted by Gasteiger charge is 2.31. The Bertz CT molecular complexity index is 964. The molecule has 1 aliphatic carbocycles. The van der Waals surface area contributed by atoms with Crippen molar-refractivity contribution in [2.45, 2.75) is 43.7 Å². The van der Waals surface area contributed by atoms with E-state index in [9.17, 15) is 4.79 Å². The summed E-state index contributed by atoms with van der Waals surface area (Å²) in [6.07, 6.45) is 2.31. The van der Waals surface area contributed by atoms with Crippen LogP contribution in [0.5, 0.6) is 0 Å². The van der Waals surface area contributed by atoms with Crippen LogP contribution in [0.4, 0.5) is 5.69 Å². The van der Waals surface area contributed by atoms with Crippen LogP contribution < -0.4 is 5.32 Å². The van der Waals surface area contributed by atoms with Crippen molar-refractivity contribution in [3.63, 3.8) is 0 Å². The van der Waals surface area contributed by atoms with Crippen LogP contribution in [0.15, 0.2) is 59.8 Å². The quantitative estimate of drug-likeness (QED) is 0.575. The van der Waals surface area contributed by atoms with Crippen molar-refractivity contribution in [3.05, 3.63) is 66.0 Å². The number of thioether (sulfide) groups is 1. The normalized spacial score (nSPS) is 13.7. The van der Waals surface area contributed by atoms with Crippen LogP contribution in [0.2, 0.25) is 0 Å². The topological polar surface area (TPSA) is 59.8 Å².